The number of aromatic nitrogens is 1. The van der Waals surface area contributed by atoms with E-state index in [1.165, 1.54) is 41.2 Å². The van der Waals surface area contributed by atoms with Crippen molar-refractivity contribution in [3.8, 4) is 10.4 Å². The number of nitrogens with zero attached hydrogens (tertiary/aromatic N) is 1. The van der Waals surface area contributed by atoms with E-state index >= 15 is 0 Å². The number of nitrogen functional groups attached to an aromatic ring is 1. The zero-order chi connectivity index (χ0) is 22.6. The molecule has 1 aromatic carbocycles. The van der Waals surface area contributed by atoms with Crippen LogP contribution in [0.25, 0.3) is 20.7 Å². The summed E-state index contributed by atoms with van der Waals surface area (Å²) in [6.45, 7) is 6.89. The lowest BCUT2D eigenvalue weighted by Gasteiger charge is -2.35. The number of pyridine rings is 1. The van der Waals surface area contributed by atoms with Crippen LogP contribution in [0.5, 0.6) is 0 Å². The molecule has 1 aliphatic rings. The van der Waals surface area contributed by atoms with E-state index < -0.39 is 0 Å². The fourth-order valence-electron chi connectivity index (χ4n) is 4.66. The summed E-state index contributed by atoms with van der Waals surface area (Å²) in [6, 6.07) is 9.79. The lowest BCUT2D eigenvalue weighted by molar-refractivity contribution is 0.104. The van der Waals surface area contributed by atoms with Gasteiger partial charge in [0.25, 0.3) is 0 Å². The molecular formula is C26H25FN2OS2. The van der Waals surface area contributed by atoms with Gasteiger partial charge in [-0.2, -0.15) is 0 Å². The summed E-state index contributed by atoms with van der Waals surface area (Å²) in [5.74, 6) is 0.00974. The van der Waals surface area contributed by atoms with E-state index in [1.54, 1.807) is 11.3 Å². The van der Waals surface area contributed by atoms with Crippen LogP contribution in [0.3, 0.4) is 0 Å². The summed E-state index contributed by atoms with van der Waals surface area (Å²) in [7, 11) is 0. The summed E-state index contributed by atoms with van der Waals surface area (Å²) in [5.41, 5.74) is 11.3. The monoisotopic (exact) mass is 464 g/mol. The standard InChI is InChI=1S/C26H25FN2OS2/c1-26(2,3)15-8-11-17-18(13-15)29-25-21(20(17)19-5-4-12-31-19)22(28)24(32-25)23(30)14-6-9-16(27)10-7-14/h4-7,9-10,12,15H,8,11,13,28H2,1-3H3/t15-/m1/s1. The summed E-state index contributed by atoms with van der Waals surface area (Å²) in [4.78, 5) is 20.7. The number of benzene rings is 1. The Kier molecular flexibility index (Phi) is 5.18. The molecule has 0 amide bonds. The van der Waals surface area contributed by atoms with Crippen molar-refractivity contribution in [2.45, 2.75) is 40.0 Å². The van der Waals surface area contributed by atoms with Crippen LogP contribution in [0.4, 0.5) is 10.1 Å². The molecule has 0 radical (unpaired) electrons. The number of thiophene rings is 2. The van der Waals surface area contributed by atoms with Gasteiger partial charge >= 0.3 is 0 Å². The maximum Gasteiger partial charge on any atom is 0.205 e. The SMILES string of the molecule is CC(C)(C)[C@@H]1CCc2c(nc3sc(C(=O)c4ccc(F)cc4)c(N)c3c2-c2cccs2)C1. The Bertz CT molecular complexity index is 1320. The first-order chi connectivity index (χ1) is 15.2. The van der Waals surface area contributed by atoms with Crippen LogP contribution in [0.15, 0.2) is 41.8 Å². The van der Waals surface area contributed by atoms with Crippen LogP contribution < -0.4 is 5.73 Å². The zero-order valence-electron chi connectivity index (χ0n) is 18.4. The topological polar surface area (TPSA) is 56.0 Å². The number of carbonyl (C=O) groups is 1. The number of carbonyl (C=O) groups excluding carboxylic acids is 1. The average molecular weight is 465 g/mol. The van der Waals surface area contributed by atoms with Crippen molar-refractivity contribution in [2.75, 3.05) is 5.73 Å². The van der Waals surface area contributed by atoms with Gasteiger partial charge in [-0.05, 0) is 71.9 Å². The van der Waals surface area contributed by atoms with E-state index in [2.05, 4.69) is 32.2 Å². The number of nitrogens with two attached hydrogens (primary N) is 1. The van der Waals surface area contributed by atoms with E-state index in [9.17, 15) is 9.18 Å². The van der Waals surface area contributed by atoms with E-state index in [4.69, 9.17) is 10.7 Å². The Morgan fingerprint density at radius 2 is 1.94 bits per heavy atom. The molecule has 0 fully saturated rings. The fourth-order valence-corrected chi connectivity index (χ4v) is 6.55. The molecule has 0 unspecified atom stereocenters. The number of ketones is 1. The van der Waals surface area contributed by atoms with E-state index in [0.29, 0.717) is 22.0 Å². The van der Waals surface area contributed by atoms with Gasteiger partial charge in [0.2, 0.25) is 5.78 Å². The lowest BCUT2D eigenvalue weighted by atomic mass is 9.71. The van der Waals surface area contributed by atoms with Crippen LogP contribution in [0.2, 0.25) is 0 Å². The highest BCUT2D eigenvalue weighted by atomic mass is 32.1. The molecule has 3 heterocycles. The van der Waals surface area contributed by atoms with Gasteiger partial charge in [-0.15, -0.1) is 22.7 Å². The third-order valence-electron chi connectivity index (χ3n) is 6.55. The van der Waals surface area contributed by atoms with Crippen LogP contribution in [-0.4, -0.2) is 10.8 Å². The van der Waals surface area contributed by atoms with E-state index in [1.807, 2.05) is 6.07 Å². The van der Waals surface area contributed by atoms with Crippen molar-refractivity contribution in [1.29, 1.82) is 0 Å². The van der Waals surface area contributed by atoms with Gasteiger partial charge < -0.3 is 5.73 Å². The predicted molar refractivity (Wildman–Crippen MR) is 132 cm³/mol. The van der Waals surface area contributed by atoms with Crippen molar-refractivity contribution in [3.05, 3.63) is 69.3 Å². The second-order valence-electron chi connectivity index (χ2n) is 9.56. The molecule has 0 saturated heterocycles. The molecule has 4 aromatic rings. The average Bonchev–Trinajstić information content (AvgIpc) is 3.40. The summed E-state index contributed by atoms with van der Waals surface area (Å²) >= 11 is 3.04. The minimum Gasteiger partial charge on any atom is -0.397 e. The molecule has 32 heavy (non-hydrogen) atoms. The summed E-state index contributed by atoms with van der Waals surface area (Å²) in [6.07, 6.45) is 3.02. The van der Waals surface area contributed by atoms with E-state index in [0.717, 1.165) is 45.6 Å². The first-order valence-corrected chi connectivity index (χ1v) is 12.5. The molecule has 5 rings (SSSR count). The Morgan fingerprint density at radius 3 is 2.59 bits per heavy atom. The molecule has 0 spiro atoms. The smallest absolute Gasteiger partial charge is 0.205 e. The molecule has 0 aliphatic heterocycles. The molecule has 0 saturated carbocycles. The maximum atomic E-state index is 13.4. The lowest BCUT2D eigenvalue weighted by Crippen LogP contribution is -2.27. The number of rotatable bonds is 3. The highest BCUT2D eigenvalue weighted by Gasteiger charge is 2.33. The van der Waals surface area contributed by atoms with Crippen molar-refractivity contribution in [3.63, 3.8) is 0 Å². The summed E-state index contributed by atoms with van der Waals surface area (Å²) < 4.78 is 13.4. The molecule has 164 valence electrons. The van der Waals surface area contributed by atoms with Gasteiger partial charge in [0, 0.05) is 27.1 Å². The van der Waals surface area contributed by atoms with Crippen LogP contribution in [-0.2, 0) is 12.8 Å². The van der Waals surface area contributed by atoms with Crippen LogP contribution in [0, 0.1) is 17.2 Å². The van der Waals surface area contributed by atoms with E-state index in [-0.39, 0.29) is 17.0 Å². The largest absolute Gasteiger partial charge is 0.397 e. The molecule has 6 heteroatoms. The number of anilines is 1. The number of halogens is 1. The molecule has 3 aromatic heterocycles. The Balaban J connectivity index is 1.71. The van der Waals surface area contributed by atoms with Gasteiger partial charge in [0.1, 0.15) is 15.5 Å². The van der Waals surface area contributed by atoms with Crippen LogP contribution >= 0.6 is 22.7 Å². The highest BCUT2D eigenvalue weighted by molar-refractivity contribution is 7.21. The predicted octanol–water partition coefficient (Wildman–Crippen LogP) is 7.13. The first-order valence-electron chi connectivity index (χ1n) is 10.8. The molecule has 1 aliphatic carbocycles. The van der Waals surface area contributed by atoms with Crippen molar-refractivity contribution < 1.29 is 9.18 Å². The molecule has 2 N–H and O–H groups in total. The van der Waals surface area contributed by atoms with Gasteiger partial charge in [0.15, 0.2) is 0 Å². The first kappa shape index (κ1) is 21.3. The molecular weight excluding hydrogens is 439 g/mol. The van der Waals surface area contributed by atoms with Crippen molar-refractivity contribution in [2.24, 2.45) is 11.3 Å². The number of hydrogen-bond acceptors (Lipinski definition) is 5. The normalized spacial score (nSPS) is 16.3. The summed E-state index contributed by atoms with van der Waals surface area (Å²) in [5, 5.41) is 2.96. The third-order valence-corrected chi connectivity index (χ3v) is 8.54. The quantitative estimate of drug-likeness (QED) is 0.328. The zero-order valence-corrected chi connectivity index (χ0v) is 20.0. The molecule has 0 bridgehead atoms. The second kappa shape index (κ2) is 7.78. The maximum absolute atomic E-state index is 13.4. The fraction of sp³-hybridized carbons (Fsp3) is 0.308. The molecule has 3 nitrogen and oxygen atoms in total. The van der Waals surface area contributed by atoms with Crippen molar-refractivity contribution >= 4 is 44.4 Å². The third kappa shape index (κ3) is 3.55. The van der Waals surface area contributed by atoms with Gasteiger partial charge in [0.05, 0.1) is 5.69 Å². The second-order valence-corrected chi connectivity index (χ2v) is 11.5. The molecule has 1 atom stereocenters. The minimum atomic E-state index is -0.367. The van der Waals surface area contributed by atoms with Crippen LogP contribution in [0.1, 0.15) is 53.7 Å². The van der Waals surface area contributed by atoms with Gasteiger partial charge in [-0.3, -0.25) is 4.79 Å². The van der Waals surface area contributed by atoms with Gasteiger partial charge in [-0.1, -0.05) is 26.8 Å². The van der Waals surface area contributed by atoms with Crippen molar-refractivity contribution in [1.82, 2.24) is 4.98 Å². The Morgan fingerprint density at radius 1 is 1.19 bits per heavy atom. The minimum absolute atomic E-state index is 0.187. The Labute approximate surface area is 195 Å². The number of fused-ring (bicyclic) bond motifs is 2. The van der Waals surface area contributed by atoms with Gasteiger partial charge in [-0.25, -0.2) is 9.37 Å². The highest BCUT2D eigenvalue weighted by Crippen LogP contribution is 2.47. The Hall–Kier alpha value is -2.57. The number of hydrogen-bond donors (Lipinski definition) is 1.